The maximum Gasteiger partial charge on any atom is 0.404 e. The van der Waals surface area contributed by atoms with Gasteiger partial charge in [0.25, 0.3) is 0 Å². The van der Waals surface area contributed by atoms with E-state index in [9.17, 15) is 14.7 Å². The van der Waals surface area contributed by atoms with Crippen molar-refractivity contribution in [2.24, 2.45) is 0 Å². The average Bonchev–Trinajstić information content (AvgIpc) is 3.94. The van der Waals surface area contributed by atoms with Gasteiger partial charge in [-0.3, -0.25) is 4.79 Å². The number of carbonyl (C=O) groups excluding carboxylic acids is 1. The van der Waals surface area contributed by atoms with Gasteiger partial charge < -0.3 is 30.3 Å². The van der Waals surface area contributed by atoms with Crippen LogP contribution in [0.25, 0.3) is 44.7 Å². The Balaban J connectivity index is 0.920. The molecule has 0 spiro atoms. The number of aromatic amines is 2. The number of H-pyrrole nitrogens is 2. The molecule has 49 heavy (non-hydrogen) atoms. The summed E-state index contributed by atoms with van der Waals surface area (Å²) in [6.07, 6.45) is 8.63. The predicted octanol–water partition coefficient (Wildman–Crippen LogP) is 6.33. The summed E-state index contributed by atoms with van der Waals surface area (Å²) in [5.41, 5.74) is 8.90. The minimum Gasteiger partial charge on any atom is -0.465 e. The summed E-state index contributed by atoms with van der Waals surface area (Å²) in [5.74, 6) is 1.19. The van der Waals surface area contributed by atoms with E-state index in [1.165, 1.54) is 6.42 Å². The molecule has 9 rings (SSSR count). The minimum atomic E-state index is -1.09. The van der Waals surface area contributed by atoms with Crippen molar-refractivity contribution < 1.29 is 14.7 Å². The Morgan fingerprint density at radius 2 is 1.67 bits per heavy atom. The summed E-state index contributed by atoms with van der Waals surface area (Å²) >= 11 is 0. The van der Waals surface area contributed by atoms with Crippen molar-refractivity contribution >= 4 is 22.8 Å². The zero-order valence-electron chi connectivity index (χ0n) is 26.8. The van der Waals surface area contributed by atoms with E-state index in [1.807, 2.05) is 18.6 Å². The monoisotopic (exact) mass is 652 g/mol. The summed E-state index contributed by atoms with van der Waals surface area (Å²) < 4.78 is 2.13. The van der Waals surface area contributed by atoms with E-state index in [2.05, 4.69) is 90.8 Å². The zero-order valence-corrected chi connectivity index (χ0v) is 26.8. The quantitative estimate of drug-likeness (QED) is 0.141. The summed E-state index contributed by atoms with van der Waals surface area (Å²) in [6, 6.07) is 20.7. The Morgan fingerprint density at radius 1 is 0.898 bits per heavy atom. The second kappa shape index (κ2) is 11.9. The molecule has 246 valence electrons. The van der Waals surface area contributed by atoms with Gasteiger partial charge in [0.2, 0.25) is 0 Å². The Bertz CT molecular complexity index is 2210. The number of nitrogens with one attached hydrogen (secondary N) is 4. The van der Waals surface area contributed by atoms with Crippen molar-refractivity contribution in [3.63, 3.8) is 0 Å². The van der Waals surface area contributed by atoms with Gasteiger partial charge >= 0.3 is 6.09 Å². The first-order valence-corrected chi connectivity index (χ1v) is 17.0. The average molecular weight is 653 g/mol. The number of pyridine rings is 1. The number of imidazole rings is 2. The van der Waals surface area contributed by atoms with Gasteiger partial charge in [0.05, 0.1) is 47.0 Å². The highest BCUT2D eigenvalue weighted by atomic mass is 16.4. The molecule has 6 heterocycles. The number of Topliss-reactive ketones (excluding diaryl/α,β-unsaturated/α-hetero) is 1. The molecular formula is C38H36N8O3. The number of ketones is 1. The van der Waals surface area contributed by atoms with E-state index in [-0.39, 0.29) is 11.7 Å². The van der Waals surface area contributed by atoms with Crippen LogP contribution in [-0.2, 0) is 17.8 Å². The lowest BCUT2D eigenvalue weighted by atomic mass is 9.79. The number of amides is 1. The fraction of sp³-hybridized carbons (Fsp3) is 0.289. The molecule has 1 saturated heterocycles. The lowest BCUT2D eigenvalue weighted by molar-refractivity contribution is -0.121. The molecule has 5 N–H and O–H groups in total. The molecule has 11 nitrogen and oxygen atoms in total. The number of hydrogen-bond donors (Lipinski definition) is 5. The van der Waals surface area contributed by atoms with Crippen LogP contribution in [0.2, 0.25) is 0 Å². The highest BCUT2D eigenvalue weighted by molar-refractivity contribution is 5.89. The number of benzene rings is 2. The topological polar surface area (TPSA) is 154 Å². The van der Waals surface area contributed by atoms with Crippen LogP contribution in [0.4, 0.5) is 4.79 Å². The van der Waals surface area contributed by atoms with Crippen molar-refractivity contribution in [3.8, 4) is 33.8 Å². The molecule has 4 aromatic heterocycles. The Labute approximate surface area is 282 Å². The number of aromatic nitrogens is 6. The van der Waals surface area contributed by atoms with Gasteiger partial charge in [0.1, 0.15) is 17.4 Å². The second-order valence-electron chi connectivity index (χ2n) is 13.5. The van der Waals surface area contributed by atoms with Crippen molar-refractivity contribution in [1.82, 2.24) is 40.1 Å². The van der Waals surface area contributed by atoms with Gasteiger partial charge in [-0.05, 0) is 67.6 Å². The highest BCUT2D eigenvalue weighted by Gasteiger charge is 2.41. The number of nitrogens with zero attached hydrogens (tertiary/aromatic N) is 4. The van der Waals surface area contributed by atoms with Crippen molar-refractivity contribution in [2.45, 2.75) is 62.6 Å². The maximum atomic E-state index is 13.6. The molecule has 0 bridgehead atoms. The summed E-state index contributed by atoms with van der Waals surface area (Å²) in [6.45, 7) is 1.65. The molecule has 0 radical (unpaired) electrons. The van der Waals surface area contributed by atoms with Crippen molar-refractivity contribution in [3.05, 3.63) is 102 Å². The van der Waals surface area contributed by atoms with Crippen LogP contribution in [-0.4, -0.2) is 59.1 Å². The minimum absolute atomic E-state index is 0.0517. The van der Waals surface area contributed by atoms with E-state index < -0.39 is 18.1 Å². The molecule has 11 heteroatoms. The molecule has 1 amide bonds. The first-order valence-electron chi connectivity index (χ1n) is 17.0. The SMILES string of the molecule is O=C(O)N[C@H]1CCc2ccn3c2C1C(=O)C[C@H](c1ncc(-c2ccc(-c4ccc5cc(-c6cnc([C@@H]7CCCN7)[nH]6)ccc5n4)cc2)[nH]1)C3. The van der Waals surface area contributed by atoms with Crippen LogP contribution in [0.3, 0.4) is 0 Å². The van der Waals surface area contributed by atoms with Crippen LogP contribution in [0, 0.1) is 0 Å². The van der Waals surface area contributed by atoms with Crippen LogP contribution in [0.5, 0.6) is 0 Å². The maximum absolute atomic E-state index is 13.6. The molecule has 6 aromatic rings. The van der Waals surface area contributed by atoms with E-state index in [4.69, 9.17) is 9.97 Å². The number of fused-ring (bicyclic) bond motifs is 1. The Kier molecular flexibility index (Phi) is 7.15. The molecule has 2 aliphatic heterocycles. The normalized spacial score (nSPS) is 21.8. The Morgan fingerprint density at radius 3 is 2.49 bits per heavy atom. The summed E-state index contributed by atoms with van der Waals surface area (Å²) in [7, 11) is 0. The molecular weight excluding hydrogens is 616 g/mol. The molecule has 0 saturated carbocycles. The fourth-order valence-electron chi connectivity index (χ4n) is 8.04. The van der Waals surface area contributed by atoms with Crippen LogP contribution in [0.1, 0.15) is 66.5 Å². The van der Waals surface area contributed by atoms with Crippen LogP contribution < -0.4 is 10.6 Å². The highest BCUT2D eigenvalue weighted by Crippen LogP contribution is 2.40. The van der Waals surface area contributed by atoms with Crippen molar-refractivity contribution in [2.75, 3.05) is 6.54 Å². The fourth-order valence-corrected chi connectivity index (χ4v) is 8.04. The van der Waals surface area contributed by atoms with Crippen molar-refractivity contribution in [1.29, 1.82) is 0 Å². The van der Waals surface area contributed by atoms with E-state index in [0.29, 0.717) is 25.4 Å². The number of hydrogen-bond acceptors (Lipinski definition) is 6. The number of carboxylic acid groups (broad SMARTS) is 1. The predicted molar refractivity (Wildman–Crippen MR) is 185 cm³/mol. The number of aryl methyl sites for hydroxylation is 1. The molecule has 2 aromatic carbocycles. The van der Waals surface area contributed by atoms with Gasteiger partial charge in [-0.2, -0.15) is 0 Å². The molecule has 1 fully saturated rings. The number of rotatable bonds is 6. The number of carbonyl (C=O) groups is 2. The molecule has 1 aliphatic carbocycles. The Hall–Kier alpha value is -5.55. The lowest BCUT2D eigenvalue weighted by Crippen LogP contribution is -2.44. The summed E-state index contributed by atoms with van der Waals surface area (Å²) in [4.78, 5) is 46.4. The standard InChI is InChI=1S/C38H36N8O3/c47-33-17-26(20-46-15-13-23-7-12-29(45-38(48)49)34(33)35(23)46)36-40-18-31(43-36)22-5-3-21(4-6-22)27-10-8-24-16-25(9-11-28(24)42-27)32-19-41-37(44-32)30-2-1-14-39-30/h3-6,8-11,13,15-16,18-19,26,29-30,34,39,45H,1-2,7,12,14,17,20H2,(H,40,43)(H,41,44)(H,48,49)/t26-,29-,30-,34?/m0/s1. The van der Waals surface area contributed by atoms with E-state index in [1.54, 1.807) is 0 Å². The van der Waals surface area contributed by atoms with Gasteiger partial charge in [-0.25, -0.2) is 19.7 Å². The van der Waals surface area contributed by atoms with Crippen LogP contribution in [0.15, 0.2) is 79.3 Å². The largest absolute Gasteiger partial charge is 0.465 e. The third-order valence-electron chi connectivity index (χ3n) is 10.5. The van der Waals surface area contributed by atoms with Crippen LogP contribution >= 0.6 is 0 Å². The van der Waals surface area contributed by atoms with Gasteiger partial charge in [-0.15, -0.1) is 0 Å². The third-order valence-corrected chi connectivity index (χ3v) is 10.5. The smallest absolute Gasteiger partial charge is 0.404 e. The van der Waals surface area contributed by atoms with Gasteiger partial charge in [-0.1, -0.05) is 36.4 Å². The lowest BCUT2D eigenvalue weighted by Gasteiger charge is -2.31. The first kappa shape index (κ1) is 29.6. The molecule has 4 atom stereocenters. The first-order chi connectivity index (χ1) is 24.0. The molecule has 3 aliphatic rings. The second-order valence-corrected chi connectivity index (χ2v) is 13.5. The van der Waals surface area contributed by atoms with E-state index in [0.717, 1.165) is 87.0 Å². The zero-order chi connectivity index (χ0) is 33.1. The van der Waals surface area contributed by atoms with E-state index >= 15 is 0 Å². The van der Waals surface area contributed by atoms with Gasteiger partial charge in [0.15, 0.2) is 0 Å². The summed E-state index contributed by atoms with van der Waals surface area (Å²) in [5, 5.41) is 16.6. The van der Waals surface area contributed by atoms with Gasteiger partial charge in [0, 0.05) is 53.3 Å². The third kappa shape index (κ3) is 5.40. The molecule has 1 unspecified atom stereocenters.